The molecule has 0 fully saturated rings. The number of pyridine rings is 1. The summed E-state index contributed by atoms with van der Waals surface area (Å²) in [6.45, 7) is 4.18. The second-order valence-electron chi connectivity index (χ2n) is 4.51. The lowest BCUT2D eigenvalue weighted by Crippen LogP contribution is -2.19. The van der Waals surface area contributed by atoms with Gasteiger partial charge in [0, 0.05) is 12.8 Å². The van der Waals surface area contributed by atoms with Crippen molar-refractivity contribution in [2.24, 2.45) is 5.41 Å². The molecule has 15 heavy (non-hydrogen) atoms. The van der Waals surface area contributed by atoms with E-state index < -0.39 is 0 Å². The van der Waals surface area contributed by atoms with Crippen molar-refractivity contribution in [1.82, 2.24) is 20.4 Å². The predicted octanol–water partition coefficient (Wildman–Crippen LogP) is 0.914. The lowest BCUT2D eigenvalue weighted by molar-refractivity contribution is 0.159. The summed E-state index contributed by atoms with van der Waals surface area (Å²) in [6.07, 6.45) is 2.56. The summed E-state index contributed by atoms with van der Waals surface area (Å²) in [6, 6.07) is 1.95. The van der Waals surface area contributed by atoms with Crippen molar-refractivity contribution < 1.29 is 5.11 Å². The van der Waals surface area contributed by atoms with Crippen LogP contribution in [0.5, 0.6) is 0 Å². The molecule has 0 radical (unpaired) electrons. The first-order valence-corrected chi connectivity index (χ1v) is 4.87. The van der Waals surface area contributed by atoms with Gasteiger partial charge in [0.1, 0.15) is 5.52 Å². The minimum atomic E-state index is -0.126. The molecule has 2 N–H and O–H groups in total. The molecule has 2 aromatic rings. The van der Waals surface area contributed by atoms with E-state index in [1.165, 1.54) is 0 Å². The molecule has 0 bridgehead atoms. The topological polar surface area (TPSA) is 74.7 Å². The molecule has 5 nitrogen and oxygen atoms in total. The van der Waals surface area contributed by atoms with Gasteiger partial charge in [0.05, 0.1) is 0 Å². The van der Waals surface area contributed by atoms with Crippen LogP contribution in [0.1, 0.15) is 19.4 Å². The smallest absolute Gasteiger partial charge is 0.201 e. The maximum Gasteiger partial charge on any atom is 0.201 e. The van der Waals surface area contributed by atoms with Crippen molar-refractivity contribution in [3.63, 3.8) is 0 Å². The summed E-state index contributed by atoms with van der Waals surface area (Å²) in [5, 5.41) is 19.6. The zero-order chi connectivity index (χ0) is 10.9. The Morgan fingerprint density at radius 3 is 2.93 bits per heavy atom. The largest absolute Gasteiger partial charge is 0.396 e. The Morgan fingerprint density at radius 1 is 1.40 bits per heavy atom. The highest BCUT2D eigenvalue weighted by atomic mass is 16.3. The maximum atomic E-state index is 9.17. The standard InChI is InChI=1S/C10H14N4O/c1-10(2,6-15)4-7-3-8-9(11-5-7)13-14-12-8/h3,5,15H,4,6H2,1-2H3,(H,11,12,13,14). The first-order chi connectivity index (χ1) is 7.11. The van der Waals surface area contributed by atoms with Crippen LogP contribution in [0.3, 0.4) is 0 Å². The number of nitrogens with one attached hydrogen (secondary N) is 1. The molecule has 0 saturated carbocycles. The zero-order valence-electron chi connectivity index (χ0n) is 8.86. The molecular weight excluding hydrogens is 192 g/mol. The van der Waals surface area contributed by atoms with E-state index in [4.69, 9.17) is 0 Å². The van der Waals surface area contributed by atoms with Gasteiger partial charge in [-0.1, -0.05) is 13.8 Å². The van der Waals surface area contributed by atoms with Crippen molar-refractivity contribution in [1.29, 1.82) is 0 Å². The number of hydrogen-bond acceptors (Lipinski definition) is 4. The van der Waals surface area contributed by atoms with E-state index >= 15 is 0 Å². The van der Waals surface area contributed by atoms with Gasteiger partial charge in [-0.15, -0.1) is 5.10 Å². The number of H-pyrrole nitrogens is 1. The number of aliphatic hydroxyl groups is 1. The Kier molecular flexibility index (Phi) is 2.40. The molecule has 0 spiro atoms. The normalized spacial score (nSPS) is 12.2. The average Bonchev–Trinajstić information content (AvgIpc) is 2.64. The molecule has 0 aliphatic rings. The molecule has 0 unspecified atom stereocenters. The van der Waals surface area contributed by atoms with Gasteiger partial charge in [0.25, 0.3) is 0 Å². The summed E-state index contributed by atoms with van der Waals surface area (Å²) < 4.78 is 0. The zero-order valence-corrected chi connectivity index (χ0v) is 8.86. The minimum Gasteiger partial charge on any atom is -0.396 e. The van der Waals surface area contributed by atoms with Crippen LogP contribution in [0.4, 0.5) is 0 Å². The lowest BCUT2D eigenvalue weighted by Gasteiger charge is -2.20. The second kappa shape index (κ2) is 3.58. The fourth-order valence-electron chi connectivity index (χ4n) is 1.49. The van der Waals surface area contributed by atoms with Crippen molar-refractivity contribution in [2.45, 2.75) is 20.3 Å². The van der Waals surface area contributed by atoms with Crippen LogP contribution in [0.2, 0.25) is 0 Å². The van der Waals surface area contributed by atoms with Gasteiger partial charge in [-0.25, -0.2) is 4.98 Å². The Bertz CT molecular complexity index is 463. The third-order valence-electron chi connectivity index (χ3n) is 2.34. The SMILES string of the molecule is CC(C)(CO)Cc1cnc2n[nH]nc2c1. The highest BCUT2D eigenvalue weighted by Gasteiger charge is 2.17. The molecule has 5 heteroatoms. The third-order valence-corrected chi connectivity index (χ3v) is 2.34. The molecule has 80 valence electrons. The molecule has 2 heterocycles. The number of aliphatic hydroxyl groups excluding tert-OH is 1. The number of aromatic amines is 1. The summed E-state index contributed by atoms with van der Waals surface area (Å²) in [7, 11) is 0. The van der Waals surface area contributed by atoms with Crippen molar-refractivity contribution in [3.05, 3.63) is 17.8 Å². The second-order valence-corrected chi connectivity index (χ2v) is 4.51. The van der Waals surface area contributed by atoms with Gasteiger partial charge in [-0.05, 0) is 23.5 Å². The van der Waals surface area contributed by atoms with Crippen molar-refractivity contribution >= 4 is 11.2 Å². The van der Waals surface area contributed by atoms with Gasteiger partial charge >= 0.3 is 0 Å². The van der Waals surface area contributed by atoms with E-state index in [9.17, 15) is 5.11 Å². The van der Waals surface area contributed by atoms with Gasteiger partial charge in [-0.3, -0.25) is 0 Å². The van der Waals surface area contributed by atoms with E-state index in [1.807, 2.05) is 19.9 Å². The molecular formula is C10H14N4O. The predicted molar refractivity (Wildman–Crippen MR) is 56.3 cm³/mol. The highest BCUT2D eigenvalue weighted by molar-refractivity contribution is 5.68. The van der Waals surface area contributed by atoms with E-state index in [1.54, 1.807) is 6.20 Å². The Morgan fingerprint density at radius 2 is 2.20 bits per heavy atom. The minimum absolute atomic E-state index is 0.126. The van der Waals surface area contributed by atoms with E-state index in [-0.39, 0.29) is 12.0 Å². The molecule has 0 aliphatic carbocycles. The average molecular weight is 206 g/mol. The van der Waals surface area contributed by atoms with Gasteiger partial charge in [-0.2, -0.15) is 10.3 Å². The van der Waals surface area contributed by atoms with E-state index in [0.29, 0.717) is 5.65 Å². The van der Waals surface area contributed by atoms with Crippen molar-refractivity contribution in [3.8, 4) is 0 Å². The molecule has 0 amide bonds. The number of nitrogens with zero attached hydrogens (tertiary/aromatic N) is 3. The molecule has 0 atom stereocenters. The van der Waals surface area contributed by atoms with Crippen LogP contribution in [0, 0.1) is 5.41 Å². The summed E-state index contributed by atoms with van der Waals surface area (Å²) >= 11 is 0. The van der Waals surface area contributed by atoms with E-state index in [0.717, 1.165) is 17.5 Å². The first kappa shape index (κ1) is 10.0. The van der Waals surface area contributed by atoms with Crippen LogP contribution in [-0.2, 0) is 6.42 Å². The quantitative estimate of drug-likeness (QED) is 0.782. The monoisotopic (exact) mass is 206 g/mol. The summed E-state index contributed by atoms with van der Waals surface area (Å²) in [5.74, 6) is 0. The van der Waals surface area contributed by atoms with Crippen LogP contribution >= 0.6 is 0 Å². The molecule has 0 aromatic carbocycles. The highest BCUT2D eigenvalue weighted by Crippen LogP contribution is 2.21. The summed E-state index contributed by atoms with van der Waals surface area (Å²) in [4.78, 5) is 4.17. The van der Waals surface area contributed by atoms with Crippen LogP contribution < -0.4 is 0 Å². The Labute approximate surface area is 87.5 Å². The molecule has 2 rings (SSSR count). The van der Waals surface area contributed by atoms with Gasteiger partial charge < -0.3 is 5.11 Å². The van der Waals surface area contributed by atoms with Gasteiger partial charge in [0.2, 0.25) is 5.65 Å². The Balaban J connectivity index is 2.28. The first-order valence-electron chi connectivity index (χ1n) is 4.87. The Hall–Kier alpha value is -1.49. The van der Waals surface area contributed by atoms with Gasteiger partial charge in [0.15, 0.2) is 0 Å². The number of rotatable bonds is 3. The summed E-state index contributed by atoms with van der Waals surface area (Å²) in [5.41, 5.74) is 2.33. The number of fused-ring (bicyclic) bond motifs is 1. The number of aromatic nitrogens is 4. The van der Waals surface area contributed by atoms with E-state index in [2.05, 4.69) is 20.4 Å². The molecule has 0 saturated heterocycles. The molecule has 2 aromatic heterocycles. The van der Waals surface area contributed by atoms with Crippen LogP contribution in [0.25, 0.3) is 11.2 Å². The fraction of sp³-hybridized carbons (Fsp3) is 0.500. The van der Waals surface area contributed by atoms with Crippen molar-refractivity contribution in [2.75, 3.05) is 6.61 Å². The third kappa shape index (κ3) is 2.12. The number of hydrogen-bond donors (Lipinski definition) is 2. The maximum absolute atomic E-state index is 9.17. The molecule has 0 aliphatic heterocycles. The lowest BCUT2D eigenvalue weighted by atomic mass is 9.87. The fourth-order valence-corrected chi connectivity index (χ4v) is 1.49. The van der Waals surface area contributed by atoms with Crippen LogP contribution in [-0.4, -0.2) is 32.1 Å². The van der Waals surface area contributed by atoms with Crippen LogP contribution in [0.15, 0.2) is 12.3 Å².